The van der Waals surface area contributed by atoms with Crippen molar-refractivity contribution >= 4 is 6.09 Å². The predicted molar refractivity (Wildman–Crippen MR) is 119 cm³/mol. The second-order valence-electron chi connectivity index (χ2n) is 8.01. The van der Waals surface area contributed by atoms with Gasteiger partial charge in [-0.2, -0.15) is 0 Å². The van der Waals surface area contributed by atoms with E-state index in [4.69, 9.17) is 14.2 Å². The molecule has 1 fully saturated rings. The summed E-state index contributed by atoms with van der Waals surface area (Å²) in [6.07, 6.45) is 20.5. The Kier molecular flexibility index (Phi) is 14.6. The molecule has 0 bridgehead atoms. The van der Waals surface area contributed by atoms with Crippen LogP contribution in [0.5, 0.6) is 0 Å². The lowest BCUT2D eigenvalue weighted by Gasteiger charge is -2.43. The summed E-state index contributed by atoms with van der Waals surface area (Å²) >= 11 is 0. The molecule has 1 amide bonds. The number of hydrogen-bond acceptors (Lipinski definition) is 4. The molecule has 0 aromatic rings. The largest absolute Gasteiger partial charge is 0.453 e. The van der Waals surface area contributed by atoms with Crippen molar-refractivity contribution in [2.75, 3.05) is 21.0 Å². The Balaban J connectivity index is 2.27. The Labute approximate surface area is 178 Å². The molecule has 1 rings (SSSR count). The highest BCUT2D eigenvalue weighted by Gasteiger charge is 2.38. The zero-order valence-corrected chi connectivity index (χ0v) is 18.9. The van der Waals surface area contributed by atoms with Crippen molar-refractivity contribution in [2.24, 2.45) is 0 Å². The van der Waals surface area contributed by atoms with E-state index in [1.807, 2.05) is 17.9 Å². The van der Waals surface area contributed by atoms with Crippen molar-refractivity contribution < 1.29 is 19.0 Å². The average molecular weight is 410 g/mol. The number of hydrogen-bond donors (Lipinski definition) is 0. The minimum atomic E-state index is -0.269. The van der Waals surface area contributed by atoms with E-state index in [0.29, 0.717) is 0 Å². The minimum Gasteiger partial charge on any atom is -0.453 e. The number of methoxy groups -OCH3 is 2. The van der Waals surface area contributed by atoms with E-state index in [1.165, 1.54) is 52.1 Å². The number of piperidine rings is 1. The molecule has 0 N–H and O–H groups in total. The number of amides is 1. The molecular formula is C24H43NO4. The van der Waals surface area contributed by atoms with Gasteiger partial charge in [-0.25, -0.2) is 4.79 Å². The van der Waals surface area contributed by atoms with Crippen molar-refractivity contribution in [3.63, 3.8) is 0 Å². The van der Waals surface area contributed by atoms with E-state index in [0.717, 1.165) is 32.1 Å². The predicted octanol–water partition coefficient (Wildman–Crippen LogP) is 6.24. The van der Waals surface area contributed by atoms with E-state index in [2.05, 4.69) is 18.7 Å². The van der Waals surface area contributed by atoms with Gasteiger partial charge in [0.25, 0.3) is 0 Å². The van der Waals surface area contributed by atoms with Gasteiger partial charge in [0, 0.05) is 13.2 Å². The standard InChI is InChI=1S/C24H43NO4/c1-5-6-7-8-9-10-11-12-13-14-15-16-17-22-18-19-23(29-20-27-3)21(2)25(22)24(26)28-4/h5,15-16,21-23H,1,6-14,17-20H2,2-4H3/b16-15+/t21-,22+,23-/m0/s1. The quantitative estimate of drug-likeness (QED) is 0.182. The lowest BCUT2D eigenvalue weighted by molar-refractivity contribution is -0.115. The van der Waals surface area contributed by atoms with Gasteiger partial charge in [0.1, 0.15) is 6.79 Å². The van der Waals surface area contributed by atoms with E-state index < -0.39 is 0 Å². The SMILES string of the molecule is C=CCCCCCCCCC/C=C/C[C@@H]1CC[C@H](OCOC)[C@H](C)N1C(=O)OC. The molecule has 1 saturated heterocycles. The van der Waals surface area contributed by atoms with E-state index in [-0.39, 0.29) is 31.1 Å². The highest BCUT2D eigenvalue weighted by atomic mass is 16.7. The summed E-state index contributed by atoms with van der Waals surface area (Å²) in [5.74, 6) is 0. The van der Waals surface area contributed by atoms with Crippen LogP contribution in [0.15, 0.2) is 24.8 Å². The molecule has 0 aliphatic carbocycles. The Morgan fingerprint density at radius 2 is 1.66 bits per heavy atom. The molecule has 0 spiro atoms. The Bertz CT molecular complexity index is 466. The fraction of sp³-hybridized carbons (Fsp3) is 0.792. The third kappa shape index (κ3) is 10.3. The molecule has 1 aliphatic heterocycles. The lowest BCUT2D eigenvalue weighted by Crippen LogP contribution is -2.55. The van der Waals surface area contributed by atoms with Gasteiger partial charge in [-0.05, 0) is 51.9 Å². The number of carbonyl (C=O) groups is 1. The van der Waals surface area contributed by atoms with Crippen molar-refractivity contribution in [1.29, 1.82) is 0 Å². The number of ether oxygens (including phenoxy) is 3. The molecule has 29 heavy (non-hydrogen) atoms. The Morgan fingerprint density at radius 3 is 2.28 bits per heavy atom. The van der Waals surface area contributed by atoms with Crippen LogP contribution in [0.1, 0.15) is 84.0 Å². The van der Waals surface area contributed by atoms with Crippen molar-refractivity contribution in [3.05, 3.63) is 24.8 Å². The molecule has 3 atom stereocenters. The summed E-state index contributed by atoms with van der Waals surface area (Å²) in [4.78, 5) is 14.2. The zero-order chi connectivity index (χ0) is 21.3. The second-order valence-corrected chi connectivity index (χ2v) is 8.01. The van der Waals surface area contributed by atoms with Crippen LogP contribution in [-0.2, 0) is 14.2 Å². The second kappa shape index (κ2) is 16.5. The Morgan fingerprint density at radius 1 is 1.00 bits per heavy atom. The van der Waals surface area contributed by atoms with Crippen LogP contribution < -0.4 is 0 Å². The molecule has 168 valence electrons. The first-order valence-electron chi connectivity index (χ1n) is 11.4. The summed E-state index contributed by atoms with van der Waals surface area (Å²) in [5, 5.41) is 0. The fourth-order valence-corrected chi connectivity index (χ4v) is 4.08. The van der Waals surface area contributed by atoms with Gasteiger partial charge < -0.3 is 14.2 Å². The molecule has 1 heterocycles. The third-order valence-corrected chi connectivity index (χ3v) is 5.79. The summed E-state index contributed by atoms with van der Waals surface area (Å²) in [7, 11) is 3.06. The lowest BCUT2D eigenvalue weighted by atomic mass is 9.92. The number of rotatable bonds is 15. The normalized spacial score (nSPS) is 22.2. The first-order valence-corrected chi connectivity index (χ1v) is 11.4. The van der Waals surface area contributed by atoms with Crippen molar-refractivity contribution in [2.45, 2.75) is 102 Å². The van der Waals surface area contributed by atoms with E-state index in [1.54, 1.807) is 7.11 Å². The third-order valence-electron chi connectivity index (χ3n) is 5.79. The highest BCUT2D eigenvalue weighted by Crippen LogP contribution is 2.28. The summed E-state index contributed by atoms with van der Waals surface area (Å²) in [6, 6.07) is 0.155. The maximum absolute atomic E-state index is 12.3. The number of allylic oxidation sites excluding steroid dienone is 2. The highest BCUT2D eigenvalue weighted by molar-refractivity contribution is 5.68. The zero-order valence-electron chi connectivity index (χ0n) is 18.9. The summed E-state index contributed by atoms with van der Waals surface area (Å²) in [6.45, 7) is 6.05. The first kappa shape index (κ1) is 25.7. The van der Waals surface area contributed by atoms with Gasteiger partial charge >= 0.3 is 6.09 Å². The van der Waals surface area contributed by atoms with Gasteiger partial charge in [0.15, 0.2) is 0 Å². The van der Waals surface area contributed by atoms with Gasteiger partial charge in [-0.15, -0.1) is 6.58 Å². The molecule has 0 radical (unpaired) electrons. The molecular weight excluding hydrogens is 366 g/mol. The van der Waals surface area contributed by atoms with Gasteiger partial charge in [-0.1, -0.05) is 50.3 Å². The van der Waals surface area contributed by atoms with Crippen LogP contribution in [0.25, 0.3) is 0 Å². The van der Waals surface area contributed by atoms with Gasteiger partial charge in [0.2, 0.25) is 0 Å². The summed E-state index contributed by atoms with van der Waals surface area (Å²) < 4.78 is 15.8. The van der Waals surface area contributed by atoms with Crippen LogP contribution in [0.4, 0.5) is 4.79 Å². The van der Waals surface area contributed by atoms with Crippen LogP contribution in [-0.4, -0.2) is 50.2 Å². The van der Waals surface area contributed by atoms with Crippen LogP contribution >= 0.6 is 0 Å². The number of carbonyl (C=O) groups excluding carboxylic acids is 1. The molecule has 0 saturated carbocycles. The molecule has 5 nitrogen and oxygen atoms in total. The molecule has 0 aromatic heterocycles. The van der Waals surface area contributed by atoms with Crippen LogP contribution in [0.2, 0.25) is 0 Å². The smallest absolute Gasteiger partial charge is 0.410 e. The summed E-state index contributed by atoms with van der Waals surface area (Å²) in [5.41, 5.74) is 0. The van der Waals surface area contributed by atoms with Gasteiger partial charge in [-0.3, -0.25) is 4.90 Å². The monoisotopic (exact) mass is 409 g/mol. The topological polar surface area (TPSA) is 48.0 Å². The minimum absolute atomic E-state index is 0.00829. The Hall–Kier alpha value is -1.33. The number of unbranched alkanes of at least 4 members (excludes halogenated alkanes) is 8. The van der Waals surface area contributed by atoms with Crippen molar-refractivity contribution in [1.82, 2.24) is 4.90 Å². The number of nitrogens with zero attached hydrogens (tertiary/aromatic N) is 1. The van der Waals surface area contributed by atoms with Crippen LogP contribution in [0, 0.1) is 0 Å². The van der Waals surface area contributed by atoms with Gasteiger partial charge in [0.05, 0.1) is 19.3 Å². The molecule has 5 heteroatoms. The maximum Gasteiger partial charge on any atom is 0.410 e. The van der Waals surface area contributed by atoms with Crippen LogP contribution in [0.3, 0.4) is 0 Å². The van der Waals surface area contributed by atoms with Crippen molar-refractivity contribution in [3.8, 4) is 0 Å². The average Bonchev–Trinajstić information content (AvgIpc) is 2.73. The first-order chi connectivity index (χ1) is 14.2. The molecule has 1 aliphatic rings. The maximum atomic E-state index is 12.3. The van der Waals surface area contributed by atoms with E-state index in [9.17, 15) is 4.79 Å². The fourth-order valence-electron chi connectivity index (χ4n) is 4.08. The number of likely N-dealkylation sites (tertiary alicyclic amines) is 1. The molecule has 0 aromatic carbocycles. The molecule has 0 unspecified atom stereocenters. The van der Waals surface area contributed by atoms with E-state index >= 15 is 0 Å².